The highest BCUT2D eigenvalue weighted by atomic mass is 16.4. The smallest absolute Gasteiger partial charge is 0.356 e. The van der Waals surface area contributed by atoms with Gasteiger partial charge in [-0.15, -0.1) is 0 Å². The minimum atomic E-state index is -1.02. The van der Waals surface area contributed by atoms with Crippen LogP contribution in [-0.4, -0.2) is 20.6 Å². The Balaban J connectivity index is 2.23. The van der Waals surface area contributed by atoms with Crippen LogP contribution in [0.5, 0.6) is 0 Å². The van der Waals surface area contributed by atoms with Gasteiger partial charge in [-0.05, 0) is 31.4 Å². The first-order chi connectivity index (χ1) is 8.68. The SMILES string of the molecule is NC1CCCc2c(C(=O)O)nc(-c3ccco3)n21. The van der Waals surface area contributed by atoms with Crippen molar-refractivity contribution in [2.45, 2.75) is 25.4 Å². The van der Waals surface area contributed by atoms with Crippen molar-refractivity contribution in [3.63, 3.8) is 0 Å². The zero-order valence-corrected chi connectivity index (χ0v) is 9.67. The molecule has 0 saturated heterocycles. The third-order valence-corrected chi connectivity index (χ3v) is 3.20. The summed E-state index contributed by atoms with van der Waals surface area (Å²) >= 11 is 0. The Morgan fingerprint density at radius 2 is 2.44 bits per heavy atom. The van der Waals surface area contributed by atoms with E-state index in [4.69, 9.17) is 10.2 Å². The quantitative estimate of drug-likeness (QED) is 0.841. The number of hydrogen-bond donors (Lipinski definition) is 2. The molecule has 1 unspecified atom stereocenters. The minimum Gasteiger partial charge on any atom is -0.476 e. The Bertz CT molecular complexity index is 586. The number of nitrogens with zero attached hydrogens (tertiary/aromatic N) is 2. The van der Waals surface area contributed by atoms with E-state index in [0.717, 1.165) is 12.8 Å². The summed E-state index contributed by atoms with van der Waals surface area (Å²) in [7, 11) is 0. The monoisotopic (exact) mass is 247 g/mol. The molecule has 0 aromatic carbocycles. The third-order valence-electron chi connectivity index (χ3n) is 3.20. The predicted molar refractivity (Wildman–Crippen MR) is 63.1 cm³/mol. The van der Waals surface area contributed by atoms with Crippen LogP contribution in [0.4, 0.5) is 0 Å². The number of fused-ring (bicyclic) bond motifs is 1. The number of nitrogens with two attached hydrogens (primary N) is 1. The highest BCUT2D eigenvalue weighted by Gasteiger charge is 2.29. The van der Waals surface area contributed by atoms with E-state index in [1.807, 2.05) is 0 Å². The van der Waals surface area contributed by atoms with Crippen molar-refractivity contribution in [3.05, 3.63) is 29.8 Å². The van der Waals surface area contributed by atoms with E-state index in [-0.39, 0.29) is 11.9 Å². The summed E-state index contributed by atoms with van der Waals surface area (Å²) in [5, 5.41) is 9.19. The molecule has 0 bridgehead atoms. The van der Waals surface area contributed by atoms with Gasteiger partial charge in [-0.25, -0.2) is 9.78 Å². The second-order valence-corrected chi connectivity index (χ2v) is 4.34. The van der Waals surface area contributed by atoms with Crippen LogP contribution < -0.4 is 5.73 Å². The second-order valence-electron chi connectivity index (χ2n) is 4.34. The van der Waals surface area contributed by atoms with Crippen LogP contribution >= 0.6 is 0 Å². The average Bonchev–Trinajstić information content (AvgIpc) is 2.95. The van der Waals surface area contributed by atoms with E-state index in [0.29, 0.717) is 23.7 Å². The van der Waals surface area contributed by atoms with E-state index >= 15 is 0 Å². The molecule has 0 saturated carbocycles. The Hall–Kier alpha value is -2.08. The van der Waals surface area contributed by atoms with Crippen LogP contribution in [0.3, 0.4) is 0 Å². The minimum absolute atomic E-state index is 0.0801. The molecule has 2 aromatic rings. The van der Waals surface area contributed by atoms with Gasteiger partial charge >= 0.3 is 5.97 Å². The molecule has 94 valence electrons. The van der Waals surface area contributed by atoms with Gasteiger partial charge in [0, 0.05) is 0 Å². The number of aromatic nitrogens is 2. The first-order valence-electron chi connectivity index (χ1n) is 5.82. The number of hydrogen-bond acceptors (Lipinski definition) is 4. The lowest BCUT2D eigenvalue weighted by atomic mass is 10.1. The highest BCUT2D eigenvalue weighted by Crippen LogP contribution is 2.31. The summed E-state index contributed by atoms with van der Waals surface area (Å²) in [4.78, 5) is 15.4. The average molecular weight is 247 g/mol. The van der Waals surface area contributed by atoms with Crippen LogP contribution in [0.15, 0.2) is 22.8 Å². The number of carboxylic acid groups (broad SMARTS) is 1. The zero-order chi connectivity index (χ0) is 12.7. The van der Waals surface area contributed by atoms with Crippen molar-refractivity contribution in [1.82, 2.24) is 9.55 Å². The molecule has 1 aliphatic rings. The van der Waals surface area contributed by atoms with Gasteiger partial charge in [-0.1, -0.05) is 0 Å². The molecule has 3 heterocycles. The lowest BCUT2D eigenvalue weighted by Crippen LogP contribution is -2.26. The topological polar surface area (TPSA) is 94.3 Å². The molecule has 0 fully saturated rings. The zero-order valence-electron chi connectivity index (χ0n) is 9.67. The fraction of sp³-hybridized carbons (Fsp3) is 0.333. The van der Waals surface area contributed by atoms with Gasteiger partial charge in [0.2, 0.25) is 0 Å². The molecule has 18 heavy (non-hydrogen) atoms. The summed E-state index contributed by atoms with van der Waals surface area (Å²) < 4.78 is 7.08. The number of carbonyl (C=O) groups is 1. The van der Waals surface area contributed by atoms with Crippen LogP contribution in [0.2, 0.25) is 0 Å². The van der Waals surface area contributed by atoms with E-state index in [2.05, 4.69) is 4.98 Å². The molecular weight excluding hydrogens is 234 g/mol. The molecule has 6 heteroatoms. The van der Waals surface area contributed by atoms with Crippen molar-refractivity contribution in [3.8, 4) is 11.6 Å². The van der Waals surface area contributed by atoms with Crippen LogP contribution in [0.1, 0.15) is 35.2 Å². The first-order valence-corrected chi connectivity index (χ1v) is 5.82. The summed E-state index contributed by atoms with van der Waals surface area (Å²) in [5.74, 6) is 0.0198. The molecule has 3 N–H and O–H groups in total. The van der Waals surface area contributed by atoms with E-state index < -0.39 is 5.97 Å². The molecule has 0 amide bonds. The molecular formula is C12H13N3O3. The van der Waals surface area contributed by atoms with Crippen molar-refractivity contribution in [2.75, 3.05) is 0 Å². The normalized spacial score (nSPS) is 18.6. The van der Waals surface area contributed by atoms with Gasteiger partial charge in [0.15, 0.2) is 17.3 Å². The standard InChI is InChI=1S/C12H13N3O3/c13-9-5-1-3-7-10(12(16)17)14-11(15(7)9)8-4-2-6-18-8/h2,4,6,9H,1,3,5,13H2,(H,16,17). The number of carboxylic acids is 1. The summed E-state index contributed by atoms with van der Waals surface area (Å²) in [6, 6.07) is 3.49. The Morgan fingerprint density at radius 1 is 1.61 bits per heavy atom. The lowest BCUT2D eigenvalue weighted by molar-refractivity contribution is 0.0689. The van der Waals surface area contributed by atoms with Crippen molar-refractivity contribution < 1.29 is 14.3 Å². The van der Waals surface area contributed by atoms with E-state index in [9.17, 15) is 9.90 Å². The summed E-state index contributed by atoms with van der Waals surface area (Å²) in [6.07, 6.45) is 3.67. The van der Waals surface area contributed by atoms with Crippen molar-refractivity contribution in [1.29, 1.82) is 0 Å². The number of aromatic carboxylic acids is 1. The molecule has 0 radical (unpaired) electrons. The lowest BCUT2D eigenvalue weighted by Gasteiger charge is -2.23. The van der Waals surface area contributed by atoms with Crippen LogP contribution in [0.25, 0.3) is 11.6 Å². The molecule has 2 aromatic heterocycles. The third kappa shape index (κ3) is 1.53. The van der Waals surface area contributed by atoms with E-state index in [1.54, 1.807) is 16.7 Å². The number of furan rings is 1. The van der Waals surface area contributed by atoms with Crippen LogP contribution in [0, 0.1) is 0 Å². The molecule has 1 atom stereocenters. The second kappa shape index (κ2) is 3.99. The summed E-state index contributed by atoms with van der Waals surface area (Å²) in [6.45, 7) is 0. The molecule has 1 aliphatic heterocycles. The number of rotatable bonds is 2. The van der Waals surface area contributed by atoms with Gasteiger partial charge in [0.25, 0.3) is 0 Å². The maximum atomic E-state index is 11.2. The van der Waals surface area contributed by atoms with Crippen LogP contribution in [-0.2, 0) is 6.42 Å². The van der Waals surface area contributed by atoms with Crippen molar-refractivity contribution >= 4 is 5.97 Å². The van der Waals surface area contributed by atoms with Gasteiger partial charge in [0.1, 0.15) is 0 Å². The van der Waals surface area contributed by atoms with Gasteiger partial charge in [-0.3, -0.25) is 0 Å². The van der Waals surface area contributed by atoms with Gasteiger partial charge in [-0.2, -0.15) is 0 Å². The Morgan fingerprint density at radius 3 is 3.11 bits per heavy atom. The fourth-order valence-corrected chi connectivity index (χ4v) is 2.42. The Labute approximate surface area is 103 Å². The molecule has 0 spiro atoms. The predicted octanol–water partition coefficient (Wildman–Crippen LogP) is 1.63. The number of imidazole rings is 1. The molecule has 3 rings (SSSR count). The van der Waals surface area contributed by atoms with Gasteiger partial charge < -0.3 is 19.8 Å². The van der Waals surface area contributed by atoms with Gasteiger partial charge in [0.05, 0.1) is 18.1 Å². The largest absolute Gasteiger partial charge is 0.476 e. The maximum absolute atomic E-state index is 11.2. The molecule has 0 aliphatic carbocycles. The fourth-order valence-electron chi connectivity index (χ4n) is 2.42. The Kier molecular flexibility index (Phi) is 2.45. The highest BCUT2D eigenvalue weighted by molar-refractivity contribution is 5.87. The first kappa shape index (κ1) is 11.0. The molecule has 6 nitrogen and oxygen atoms in total. The summed E-state index contributed by atoms with van der Waals surface area (Å²) in [5.41, 5.74) is 6.82. The van der Waals surface area contributed by atoms with Crippen molar-refractivity contribution in [2.24, 2.45) is 5.73 Å². The maximum Gasteiger partial charge on any atom is 0.356 e. The van der Waals surface area contributed by atoms with E-state index in [1.165, 1.54) is 6.26 Å².